The Morgan fingerprint density at radius 2 is 1.73 bits per heavy atom. The number of carbonyl (C=O) groups is 2. The Morgan fingerprint density at radius 1 is 1.05 bits per heavy atom. The molecule has 0 aromatic heterocycles. The highest BCUT2D eigenvalue weighted by Gasteiger charge is 2.36. The normalized spacial score (nSPS) is 21.9. The first-order chi connectivity index (χ1) is 19.2. The minimum atomic E-state index is -0.918. The van der Waals surface area contributed by atoms with Crippen molar-refractivity contribution in [3.8, 4) is 0 Å². The molecule has 2 heterocycles. The molecule has 9 nitrogen and oxygen atoms in total. The fraction of sp³-hybridized carbons (Fsp3) is 0.548. The zero-order chi connectivity index (χ0) is 28.5. The van der Waals surface area contributed by atoms with Crippen molar-refractivity contribution in [1.29, 1.82) is 0 Å². The summed E-state index contributed by atoms with van der Waals surface area (Å²) in [5.74, 6) is -0.0642. The molecule has 0 spiro atoms. The topological polar surface area (TPSA) is 103 Å². The van der Waals surface area contributed by atoms with Gasteiger partial charge in [0.2, 0.25) is 5.91 Å². The highest BCUT2D eigenvalue weighted by molar-refractivity contribution is 5.82. The lowest BCUT2D eigenvalue weighted by Gasteiger charge is -2.43. The summed E-state index contributed by atoms with van der Waals surface area (Å²) >= 11 is 0. The van der Waals surface area contributed by atoms with Crippen molar-refractivity contribution in [2.24, 2.45) is 0 Å². The molecule has 4 rings (SSSR count). The van der Waals surface area contributed by atoms with E-state index in [0.717, 1.165) is 18.7 Å². The molecule has 0 radical (unpaired) electrons. The predicted octanol–water partition coefficient (Wildman–Crippen LogP) is 2.57. The number of rotatable bonds is 10. The molecule has 0 bridgehead atoms. The van der Waals surface area contributed by atoms with Gasteiger partial charge in [-0.25, -0.2) is 4.79 Å². The number of nitrogens with one attached hydrogen (secondary N) is 2. The van der Waals surface area contributed by atoms with E-state index in [2.05, 4.69) is 27.7 Å². The smallest absolute Gasteiger partial charge is 0.407 e. The molecule has 4 atom stereocenters. The quantitative estimate of drug-likeness (QED) is 0.416. The van der Waals surface area contributed by atoms with E-state index in [0.29, 0.717) is 39.1 Å². The van der Waals surface area contributed by atoms with Gasteiger partial charge in [0.15, 0.2) is 0 Å². The lowest BCUT2D eigenvalue weighted by atomic mass is 9.99. The number of ether oxygens (including phenoxy) is 2. The van der Waals surface area contributed by atoms with E-state index in [1.165, 1.54) is 5.56 Å². The third-order valence-corrected chi connectivity index (χ3v) is 7.27. The van der Waals surface area contributed by atoms with Gasteiger partial charge in [-0.2, -0.15) is 0 Å². The summed E-state index contributed by atoms with van der Waals surface area (Å²) in [6.45, 7) is 9.79. The van der Waals surface area contributed by atoms with E-state index >= 15 is 0 Å². The fourth-order valence-corrected chi connectivity index (χ4v) is 5.24. The van der Waals surface area contributed by atoms with Crippen LogP contribution in [0, 0.1) is 0 Å². The van der Waals surface area contributed by atoms with Crippen molar-refractivity contribution < 1.29 is 24.2 Å². The van der Waals surface area contributed by atoms with Crippen LogP contribution in [0.3, 0.4) is 0 Å². The van der Waals surface area contributed by atoms with Gasteiger partial charge < -0.3 is 25.2 Å². The van der Waals surface area contributed by atoms with Crippen molar-refractivity contribution in [3.63, 3.8) is 0 Å². The monoisotopic (exact) mass is 552 g/mol. The SMILES string of the molecule is CC(C)(C)NC(=O)[C@@H]1CN(Cc2ccccc2)CCN1C[C@@H](O)[C@H](Cc1ccccc1)NC(=O)O[C@H]1CCOC1. The van der Waals surface area contributed by atoms with Gasteiger partial charge in [-0.3, -0.25) is 14.6 Å². The maximum absolute atomic E-state index is 13.5. The molecule has 2 aliphatic rings. The van der Waals surface area contributed by atoms with Crippen LogP contribution in [-0.4, -0.2) is 96.1 Å². The van der Waals surface area contributed by atoms with Gasteiger partial charge in [0.25, 0.3) is 0 Å². The van der Waals surface area contributed by atoms with Gasteiger partial charge in [0.1, 0.15) is 12.1 Å². The zero-order valence-corrected chi connectivity index (χ0v) is 23.9. The van der Waals surface area contributed by atoms with E-state index < -0.39 is 24.3 Å². The molecule has 2 fully saturated rings. The van der Waals surface area contributed by atoms with E-state index in [1.54, 1.807) is 0 Å². The van der Waals surface area contributed by atoms with Gasteiger partial charge >= 0.3 is 6.09 Å². The lowest BCUT2D eigenvalue weighted by molar-refractivity contribution is -0.131. The molecular formula is C31H44N4O5. The highest BCUT2D eigenvalue weighted by atomic mass is 16.6. The van der Waals surface area contributed by atoms with Crippen LogP contribution in [0.4, 0.5) is 4.79 Å². The molecule has 0 saturated carbocycles. The molecule has 9 heteroatoms. The van der Waals surface area contributed by atoms with Crippen molar-refractivity contribution in [3.05, 3.63) is 71.8 Å². The number of aliphatic hydroxyl groups is 1. The van der Waals surface area contributed by atoms with Crippen LogP contribution in [0.1, 0.15) is 38.3 Å². The molecule has 0 unspecified atom stereocenters. The minimum Gasteiger partial charge on any atom is -0.444 e. The third-order valence-electron chi connectivity index (χ3n) is 7.27. The van der Waals surface area contributed by atoms with Crippen LogP contribution in [0.15, 0.2) is 60.7 Å². The van der Waals surface area contributed by atoms with Crippen LogP contribution >= 0.6 is 0 Å². The number of carbonyl (C=O) groups excluding carboxylic acids is 2. The number of alkyl carbamates (subject to hydrolysis) is 1. The number of β-amino-alcohol motifs (C(OH)–C–C–N with tert-alkyl or cyclic N) is 1. The van der Waals surface area contributed by atoms with E-state index in [1.807, 2.05) is 74.2 Å². The van der Waals surface area contributed by atoms with Gasteiger partial charge in [-0.1, -0.05) is 60.7 Å². The first kappa shape index (κ1) is 30.0. The number of hydrogen-bond donors (Lipinski definition) is 3. The largest absolute Gasteiger partial charge is 0.444 e. The zero-order valence-electron chi connectivity index (χ0n) is 23.9. The first-order valence-corrected chi connectivity index (χ1v) is 14.3. The molecule has 218 valence electrons. The Hall–Kier alpha value is -2.98. The summed E-state index contributed by atoms with van der Waals surface area (Å²) in [5.41, 5.74) is 1.81. The number of benzene rings is 2. The van der Waals surface area contributed by atoms with Crippen molar-refractivity contribution in [2.75, 3.05) is 39.4 Å². The van der Waals surface area contributed by atoms with Crippen molar-refractivity contribution >= 4 is 12.0 Å². The summed E-state index contributed by atoms with van der Waals surface area (Å²) < 4.78 is 10.9. The van der Waals surface area contributed by atoms with Crippen LogP contribution in [0.2, 0.25) is 0 Å². The van der Waals surface area contributed by atoms with E-state index in [4.69, 9.17) is 9.47 Å². The molecule has 2 aromatic carbocycles. The summed E-state index contributed by atoms with van der Waals surface area (Å²) in [6, 6.07) is 19.0. The van der Waals surface area contributed by atoms with Gasteiger partial charge in [0.05, 0.1) is 25.4 Å². The maximum atomic E-state index is 13.5. The average molecular weight is 553 g/mol. The summed E-state index contributed by atoms with van der Waals surface area (Å²) in [4.78, 5) is 30.6. The summed E-state index contributed by atoms with van der Waals surface area (Å²) in [7, 11) is 0. The van der Waals surface area contributed by atoms with Crippen molar-refractivity contribution in [1.82, 2.24) is 20.4 Å². The Balaban J connectivity index is 1.46. The Labute approximate surface area is 237 Å². The Kier molecular flexibility index (Phi) is 10.6. The van der Waals surface area contributed by atoms with Gasteiger partial charge in [-0.15, -0.1) is 0 Å². The minimum absolute atomic E-state index is 0.0642. The van der Waals surface area contributed by atoms with Crippen LogP contribution in [-0.2, 0) is 27.2 Å². The number of piperazine rings is 1. The second-order valence-corrected chi connectivity index (χ2v) is 11.9. The summed E-state index contributed by atoms with van der Waals surface area (Å²) in [5, 5.41) is 17.5. The van der Waals surface area contributed by atoms with Gasteiger partial charge in [-0.05, 0) is 38.3 Å². The molecule has 2 amide bonds. The van der Waals surface area contributed by atoms with Crippen LogP contribution in [0.5, 0.6) is 0 Å². The standard InChI is InChI=1S/C31H44N4O5/c1-31(2,3)33-29(37)27-20-34(19-24-12-8-5-9-13-24)15-16-35(27)21-28(36)26(18-23-10-6-4-7-11-23)32-30(38)40-25-14-17-39-22-25/h4-13,25-28,36H,14-22H2,1-3H3,(H,32,38)(H,33,37)/t25-,26-,27-,28+/m0/s1. The van der Waals surface area contributed by atoms with E-state index in [-0.39, 0.29) is 24.1 Å². The Bertz CT molecular complexity index is 1070. The predicted molar refractivity (Wildman–Crippen MR) is 154 cm³/mol. The fourth-order valence-electron chi connectivity index (χ4n) is 5.24. The average Bonchev–Trinajstić information content (AvgIpc) is 3.42. The first-order valence-electron chi connectivity index (χ1n) is 14.3. The second kappa shape index (κ2) is 14.1. The summed E-state index contributed by atoms with van der Waals surface area (Å²) in [6.07, 6.45) is -0.663. The molecule has 2 aromatic rings. The Morgan fingerprint density at radius 3 is 2.35 bits per heavy atom. The molecular weight excluding hydrogens is 508 g/mol. The van der Waals surface area contributed by atoms with E-state index in [9.17, 15) is 14.7 Å². The molecule has 40 heavy (non-hydrogen) atoms. The lowest BCUT2D eigenvalue weighted by Crippen LogP contribution is -2.63. The number of hydrogen-bond acceptors (Lipinski definition) is 7. The van der Waals surface area contributed by atoms with Crippen LogP contribution in [0.25, 0.3) is 0 Å². The molecule has 2 aliphatic heterocycles. The highest BCUT2D eigenvalue weighted by Crippen LogP contribution is 2.18. The van der Waals surface area contributed by atoms with Crippen LogP contribution < -0.4 is 10.6 Å². The third kappa shape index (κ3) is 9.30. The number of amides is 2. The van der Waals surface area contributed by atoms with Crippen molar-refractivity contribution in [2.45, 2.75) is 70.0 Å². The number of aliphatic hydroxyl groups excluding tert-OH is 1. The maximum Gasteiger partial charge on any atom is 0.407 e. The molecule has 2 saturated heterocycles. The number of nitrogens with zero attached hydrogens (tertiary/aromatic N) is 2. The van der Waals surface area contributed by atoms with Gasteiger partial charge in [0, 0.05) is 44.7 Å². The molecule has 0 aliphatic carbocycles. The molecule has 3 N–H and O–H groups in total. The second-order valence-electron chi connectivity index (χ2n) is 11.9.